The largest absolute Gasteiger partial charge is 0.367 e. The Hall–Kier alpha value is -2.41. The van der Waals surface area contributed by atoms with Gasteiger partial charge in [-0.05, 0) is 30.7 Å². The predicted octanol–water partition coefficient (Wildman–Crippen LogP) is 4.20. The van der Waals surface area contributed by atoms with Gasteiger partial charge in [-0.1, -0.05) is 53.5 Å². The Morgan fingerprint density at radius 2 is 1.85 bits per heavy atom. The molecule has 0 aromatic heterocycles. The monoisotopic (exact) mass is 407 g/mol. The normalized spacial score (nSPS) is 12.4. The van der Waals surface area contributed by atoms with Gasteiger partial charge in [0.05, 0.1) is 17.1 Å². The average Bonchev–Trinajstić information content (AvgIpc) is 2.64. The quantitative estimate of drug-likeness (QED) is 0.532. The standard InChI is InChI=1S/C19H19Cl2N3O3/c1-12(10-17(25)22-16-11-14(20)8-9-15(16)21)23-24-19(26)18(27-2)13-6-4-3-5-7-13/h3-9,11,18H,10H2,1-2H3,(H,22,25)(H,24,26)/b23-12-/t18-/m0/s1. The fourth-order valence-electron chi connectivity index (χ4n) is 2.29. The summed E-state index contributed by atoms with van der Waals surface area (Å²) in [7, 11) is 1.44. The third kappa shape index (κ3) is 6.36. The van der Waals surface area contributed by atoms with Crippen molar-refractivity contribution in [1.82, 2.24) is 5.43 Å². The Bertz CT molecular complexity index is 841. The first-order valence-electron chi connectivity index (χ1n) is 8.06. The van der Waals surface area contributed by atoms with Gasteiger partial charge in [0.25, 0.3) is 5.91 Å². The van der Waals surface area contributed by atoms with Crippen LogP contribution in [0.5, 0.6) is 0 Å². The van der Waals surface area contributed by atoms with Gasteiger partial charge < -0.3 is 10.1 Å². The SMILES string of the molecule is CO[C@H](C(=O)N/N=C(/C)CC(=O)Nc1cc(Cl)ccc1Cl)c1ccccc1. The first-order valence-corrected chi connectivity index (χ1v) is 8.82. The minimum Gasteiger partial charge on any atom is -0.367 e. The molecule has 0 aliphatic carbocycles. The molecule has 0 aliphatic heterocycles. The topological polar surface area (TPSA) is 79.8 Å². The van der Waals surface area contributed by atoms with E-state index in [1.807, 2.05) is 18.2 Å². The lowest BCUT2D eigenvalue weighted by Crippen LogP contribution is -2.28. The van der Waals surface area contributed by atoms with Gasteiger partial charge in [-0.15, -0.1) is 0 Å². The van der Waals surface area contributed by atoms with E-state index in [0.29, 0.717) is 27.0 Å². The Morgan fingerprint density at radius 1 is 1.15 bits per heavy atom. The minimum absolute atomic E-state index is 0.0217. The van der Waals surface area contributed by atoms with Gasteiger partial charge in [-0.2, -0.15) is 5.10 Å². The number of hydrogen-bond acceptors (Lipinski definition) is 4. The molecule has 142 valence electrons. The molecule has 2 aromatic rings. The molecule has 2 rings (SSSR count). The molecular weight excluding hydrogens is 389 g/mol. The van der Waals surface area contributed by atoms with Crippen LogP contribution in [0.4, 0.5) is 5.69 Å². The highest BCUT2D eigenvalue weighted by atomic mass is 35.5. The van der Waals surface area contributed by atoms with Crippen molar-refractivity contribution >= 4 is 46.4 Å². The van der Waals surface area contributed by atoms with Crippen LogP contribution in [0.15, 0.2) is 53.6 Å². The zero-order valence-electron chi connectivity index (χ0n) is 14.8. The summed E-state index contributed by atoms with van der Waals surface area (Å²) >= 11 is 11.9. The molecule has 0 unspecified atom stereocenters. The van der Waals surface area contributed by atoms with Gasteiger partial charge >= 0.3 is 0 Å². The molecule has 0 heterocycles. The molecule has 2 N–H and O–H groups in total. The number of halogens is 2. The van der Waals surface area contributed by atoms with Gasteiger partial charge in [0.1, 0.15) is 0 Å². The summed E-state index contributed by atoms with van der Waals surface area (Å²) in [5, 5.41) is 7.45. The number of hydrazone groups is 1. The zero-order chi connectivity index (χ0) is 19.8. The second kappa shape index (κ2) is 10.1. The van der Waals surface area contributed by atoms with E-state index in [1.54, 1.807) is 37.3 Å². The summed E-state index contributed by atoms with van der Waals surface area (Å²) in [6.07, 6.45) is -0.812. The van der Waals surface area contributed by atoms with E-state index in [2.05, 4.69) is 15.8 Å². The summed E-state index contributed by atoms with van der Waals surface area (Å²) in [6, 6.07) is 13.8. The third-order valence-electron chi connectivity index (χ3n) is 3.55. The van der Waals surface area contributed by atoms with Crippen LogP contribution < -0.4 is 10.7 Å². The number of anilines is 1. The van der Waals surface area contributed by atoms with E-state index in [9.17, 15) is 9.59 Å². The first-order chi connectivity index (χ1) is 12.9. The number of carbonyl (C=O) groups excluding carboxylic acids is 2. The van der Waals surface area contributed by atoms with Crippen LogP contribution in [-0.2, 0) is 14.3 Å². The number of amides is 2. The number of benzene rings is 2. The highest BCUT2D eigenvalue weighted by Gasteiger charge is 2.19. The van der Waals surface area contributed by atoms with E-state index in [4.69, 9.17) is 27.9 Å². The smallest absolute Gasteiger partial charge is 0.273 e. The number of nitrogens with zero attached hydrogens (tertiary/aromatic N) is 1. The van der Waals surface area contributed by atoms with Crippen molar-refractivity contribution in [3.05, 3.63) is 64.1 Å². The van der Waals surface area contributed by atoms with Crippen molar-refractivity contribution in [2.75, 3.05) is 12.4 Å². The molecule has 0 spiro atoms. The van der Waals surface area contributed by atoms with Crippen LogP contribution in [0.2, 0.25) is 10.0 Å². The van der Waals surface area contributed by atoms with Crippen LogP contribution >= 0.6 is 23.2 Å². The molecule has 27 heavy (non-hydrogen) atoms. The summed E-state index contributed by atoms with van der Waals surface area (Å²) in [4.78, 5) is 24.4. The lowest BCUT2D eigenvalue weighted by atomic mass is 10.1. The van der Waals surface area contributed by atoms with Gasteiger partial charge in [0.15, 0.2) is 6.10 Å². The van der Waals surface area contributed by atoms with E-state index in [1.165, 1.54) is 7.11 Å². The fraction of sp³-hybridized carbons (Fsp3) is 0.211. The number of carbonyl (C=O) groups is 2. The molecule has 0 bridgehead atoms. The Labute approximate surface area is 167 Å². The van der Waals surface area contributed by atoms with Crippen LogP contribution in [0.1, 0.15) is 25.0 Å². The molecule has 0 saturated heterocycles. The molecule has 0 radical (unpaired) electrons. The average molecular weight is 408 g/mol. The Balaban J connectivity index is 1.93. The summed E-state index contributed by atoms with van der Waals surface area (Å²) < 4.78 is 5.23. The number of rotatable bonds is 7. The van der Waals surface area contributed by atoms with E-state index in [0.717, 1.165) is 0 Å². The number of hydrogen-bond donors (Lipinski definition) is 2. The Morgan fingerprint density at radius 3 is 2.52 bits per heavy atom. The maximum atomic E-state index is 12.3. The molecule has 0 saturated carbocycles. The molecule has 2 amide bonds. The number of ether oxygens (including phenoxy) is 1. The van der Waals surface area contributed by atoms with Crippen molar-refractivity contribution in [2.45, 2.75) is 19.4 Å². The number of nitrogens with one attached hydrogen (secondary N) is 2. The maximum Gasteiger partial charge on any atom is 0.273 e. The van der Waals surface area contributed by atoms with Gasteiger partial charge in [-0.25, -0.2) is 5.43 Å². The number of methoxy groups -OCH3 is 1. The van der Waals surface area contributed by atoms with Crippen molar-refractivity contribution < 1.29 is 14.3 Å². The molecule has 8 heteroatoms. The highest BCUT2D eigenvalue weighted by Crippen LogP contribution is 2.25. The van der Waals surface area contributed by atoms with E-state index < -0.39 is 12.0 Å². The van der Waals surface area contributed by atoms with E-state index in [-0.39, 0.29) is 12.3 Å². The van der Waals surface area contributed by atoms with Crippen LogP contribution in [0, 0.1) is 0 Å². The van der Waals surface area contributed by atoms with Crippen molar-refractivity contribution in [1.29, 1.82) is 0 Å². The molecule has 1 atom stereocenters. The molecule has 0 aliphatic rings. The van der Waals surface area contributed by atoms with Crippen molar-refractivity contribution in [2.24, 2.45) is 5.10 Å². The van der Waals surface area contributed by atoms with Gasteiger partial charge in [0, 0.05) is 17.8 Å². The van der Waals surface area contributed by atoms with Crippen LogP contribution in [0.25, 0.3) is 0 Å². The van der Waals surface area contributed by atoms with Crippen molar-refractivity contribution in [3.8, 4) is 0 Å². The predicted molar refractivity (Wildman–Crippen MR) is 107 cm³/mol. The lowest BCUT2D eigenvalue weighted by Gasteiger charge is -2.14. The molecular formula is C19H19Cl2N3O3. The summed E-state index contributed by atoms with van der Waals surface area (Å²) in [5.41, 5.74) is 3.96. The molecule has 6 nitrogen and oxygen atoms in total. The van der Waals surface area contributed by atoms with Crippen LogP contribution in [0.3, 0.4) is 0 Å². The Kier molecular flexibility index (Phi) is 7.79. The zero-order valence-corrected chi connectivity index (χ0v) is 16.3. The second-order valence-electron chi connectivity index (χ2n) is 5.70. The molecule has 0 fully saturated rings. The lowest BCUT2D eigenvalue weighted by molar-refractivity contribution is -0.131. The van der Waals surface area contributed by atoms with Gasteiger partial charge in [0.2, 0.25) is 5.91 Å². The third-order valence-corrected chi connectivity index (χ3v) is 4.12. The second-order valence-corrected chi connectivity index (χ2v) is 6.54. The maximum absolute atomic E-state index is 12.3. The molecule has 2 aromatic carbocycles. The highest BCUT2D eigenvalue weighted by molar-refractivity contribution is 6.35. The first kappa shape index (κ1) is 20.9. The van der Waals surface area contributed by atoms with Crippen LogP contribution in [-0.4, -0.2) is 24.6 Å². The summed E-state index contributed by atoms with van der Waals surface area (Å²) in [5.74, 6) is -0.762. The minimum atomic E-state index is -0.790. The fourth-order valence-corrected chi connectivity index (χ4v) is 2.63. The van der Waals surface area contributed by atoms with Crippen molar-refractivity contribution in [3.63, 3.8) is 0 Å². The summed E-state index contributed by atoms with van der Waals surface area (Å²) in [6.45, 7) is 1.63. The van der Waals surface area contributed by atoms with Gasteiger partial charge in [-0.3, -0.25) is 9.59 Å². The van der Waals surface area contributed by atoms with E-state index >= 15 is 0 Å².